The Kier molecular flexibility index (Phi) is 6.40. The predicted molar refractivity (Wildman–Crippen MR) is 70.5 cm³/mol. The third kappa shape index (κ3) is 5.09. The smallest absolute Gasteiger partial charge is 0.331 e. The highest BCUT2D eigenvalue weighted by Crippen LogP contribution is 2.04. The minimum absolute atomic E-state index is 0.104. The summed E-state index contributed by atoms with van der Waals surface area (Å²) >= 11 is 0. The Hall–Kier alpha value is -2.38. The second-order valence-corrected chi connectivity index (χ2v) is 4.61. The van der Waals surface area contributed by atoms with Crippen molar-refractivity contribution in [2.75, 3.05) is 0 Å². The molecule has 5 N–H and O–H groups in total. The normalized spacial score (nSPS) is 13.2. The molecule has 8 nitrogen and oxygen atoms in total. The van der Waals surface area contributed by atoms with Gasteiger partial charge in [0.05, 0.1) is 0 Å². The molecule has 4 amide bonds. The number of carbonyl (C=O) groups excluding carboxylic acids is 3. The summed E-state index contributed by atoms with van der Waals surface area (Å²) in [5.41, 5.74) is 4.83. The van der Waals surface area contributed by atoms with E-state index in [1.807, 2.05) is 5.32 Å². The maximum atomic E-state index is 11.6. The molecule has 112 valence electrons. The first kappa shape index (κ1) is 17.6. The van der Waals surface area contributed by atoms with Crippen molar-refractivity contribution in [1.29, 1.82) is 0 Å². The highest BCUT2D eigenvalue weighted by Gasteiger charge is 2.23. The maximum Gasteiger partial charge on any atom is 0.331 e. The van der Waals surface area contributed by atoms with Crippen LogP contribution in [0.1, 0.15) is 27.7 Å². The second kappa shape index (κ2) is 7.27. The number of carboxylic acids is 1. The van der Waals surface area contributed by atoms with Crippen LogP contribution in [0.15, 0.2) is 11.1 Å². The Labute approximate surface area is 116 Å². The van der Waals surface area contributed by atoms with Crippen molar-refractivity contribution in [1.82, 2.24) is 10.6 Å². The Balaban J connectivity index is 4.78. The van der Waals surface area contributed by atoms with Gasteiger partial charge in [-0.3, -0.25) is 14.9 Å². The monoisotopic (exact) mass is 285 g/mol. The lowest BCUT2D eigenvalue weighted by Gasteiger charge is -2.18. The molecule has 0 spiro atoms. The van der Waals surface area contributed by atoms with E-state index in [2.05, 4.69) is 5.32 Å². The van der Waals surface area contributed by atoms with Gasteiger partial charge in [-0.15, -0.1) is 0 Å². The molecule has 0 aliphatic rings. The molecule has 1 atom stereocenters. The third-order valence-electron chi connectivity index (χ3n) is 2.71. The van der Waals surface area contributed by atoms with Crippen LogP contribution in [-0.4, -0.2) is 35.0 Å². The fourth-order valence-electron chi connectivity index (χ4n) is 1.27. The predicted octanol–water partition coefficient (Wildman–Crippen LogP) is -0.257. The minimum Gasteiger partial charge on any atom is -0.478 e. The zero-order valence-corrected chi connectivity index (χ0v) is 11.8. The van der Waals surface area contributed by atoms with Crippen LogP contribution in [-0.2, 0) is 14.4 Å². The van der Waals surface area contributed by atoms with Crippen LogP contribution in [0, 0.1) is 5.92 Å². The van der Waals surface area contributed by atoms with E-state index in [1.165, 1.54) is 13.8 Å². The fourth-order valence-corrected chi connectivity index (χ4v) is 1.27. The van der Waals surface area contributed by atoms with Gasteiger partial charge < -0.3 is 16.2 Å². The molecule has 0 heterocycles. The molecule has 0 aromatic rings. The van der Waals surface area contributed by atoms with Gasteiger partial charge in [0, 0.05) is 11.1 Å². The summed E-state index contributed by atoms with van der Waals surface area (Å²) in [5, 5.41) is 12.9. The number of nitrogens with two attached hydrogens (primary N) is 1. The van der Waals surface area contributed by atoms with Crippen molar-refractivity contribution in [2.24, 2.45) is 11.7 Å². The van der Waals surface area contributed by atoms with E-state index in [4.69, 9.17) is 10.8 Å². The summed E-state index contributed by atoms with van der Waals surface area (Å²) < 4.78 is 0. The number of urea groups is 1. The standard InChI is InChI=1S/C12H19N3O5/c1-5(2)8(9(13)16)14-12(20)15-10(17)6(3)7(4)11(18)19/h5,8H,1-4H3,(H2,13,16)(H,18,19)(H2,14,15,17,20). The van der Waals surface area contributed by atoms with Gasteiger partial charge in [0.15, 0.2) is 0 Å². The highest BCUT2D eigenvalue weighted by molar-refractivity contribution is 6.07. The molecular weight excluding hydrogens is 266 g/mol. The van der Waals surface area contributed by atoms with E-state index in [0.29, 0.717) is 0 Å². The van der Waals surface area contributed by atoms with Crippen LogP contribution in [0.4, 0.5) is 4.79 Å². The van der Waals surface area contributed by atoms with Gasteiger partial charge in [-0.2, -0.15) is 0 Å². The van der Waals surface area contributed by atoms with Crippen molar-refractivity contribution in [3.8, 4) is 0 Å². The molecule has 0 aromatic carbocycles. The zero-order chi connectivity index (χ0) is 16.0. The summed E-state index contributed by atoms with van der Waals surface area (Å²) in [5.74, 6) is -3.08. The average Bonchev–Trinajstić information content (AvgIpc) is 2.32. The van der Waals surface area contributed by atoms with E-state index >= 15 is 0 Å². The lowest BCUT2D eigenvalue weighted by molar-refractivity contribution is -0.133. The van der Waals surface area contributed by atoms with Gasteiger partial charge in [-0.25, -0.2) is 9.59 Å². The first-order valence-corrected chi connectivity index (χ1v) is 5.89. The Morgan fingerprint density at radius 1 is 1.05 bits per heavy atom. The molecule has 0 saturated heterocycles. The number of hydrogen-bond acceptors (Lipinski definition) is 4. The van der Waals surface area contributed by atoms with E-state index in [9.17, 15) is 19.2 Å². The number of hydrogen-bond donors (Lipinski definition) is 4. The average molecular weight is 285 g/mol. The fraction of sp³-hybridized carbons (Fsp3) is 0.500. The van der Waals surface area contributed by atoms with Gasteiger partial charge in [-0.1, -0.05) is 13.8 Å². The summed E-state index contributed by atoms with van der Waals surface area (Å²) in [4.78, 5) is 44.9. The maximum absolute atomic E-state index is 11.6. The molecule has 1 unspecified atom stereocenters. The molecule has 0 aliphatic carbocycles. The number of aliphatic carboxylic acids is 1. The second-order valence-electron chi connectivity index (χ2n) is 4.61. The van der Waals surface area contributed by atoms with Gasteiger partial charge in [-0.05, 0) is 19.8 Å². The van der Waals surface area contributed by atoms with E-state index in [1.54, 1.807) is 13.8 Å². The third-order valence-corrected chi connectivity index (χ3v) is 2.71. The molecule has 8 heteroatoms. The van der Waals surface area contributed by atoms with E-state index < -0.39 is 29.9 Å². The largest absolute Gasteiger partial charge is 0.478 e. The van der Waals surface area contributed by atoms with E-state index in [0.717, 1.165) is 0 Å². The van der Waals surface area contributed by atoms with Crippen LogP contribution in [0.25, 0.3) is 0 Å². The molecule has 0 fully saturated rings. The first-order chi connectivity index (χ1) is 9.07. The summed E-state index contributed by atoms with van der Waals surface area (Å²) in [6, 6.07) is -1.84. The van der Waals surface area contributed by atoms with Crippen molar-refractivity contribution in [2.45, 2.75) is 33.7 Å². The highest BCUT2D eigenvalue weighted by atomic mass is 16.4. The zero-order valence-electron chi connectivity index (χ0n) is 11.8. The number of nitrogens with one attached hydrogen (secondary N) is 2. The van der Waals surface area contributed by atoms with Crippen LogP contribution in [0.3, 0.4) is 0 Å². The molecule has 0 rings (SSSR count). The van der Waals surface area contributed by atoms with E-state index in [-0.39, 0.29) is 17.1 Å². The Morgan fingerprint density at radius 3 is 1.90 bits per heavy atom. The number of primary amides is 1. The summed E-state index contributed by atoms with van der Waals surface area (Å²) in [6.07, 6.45) is 0. The lowest BCUT2D eigenvalue weighted by Crippen LogP contribution is -2.52. The van der Waals surface area contributed by atoms with Crippen molar-refractivity contribution < 1.29 is 24.3 Å². The summed E-state index contributed by atoms with van der Waals surface area (Å²) in [7, 11) is 0. The van der Waals surface area contributed by atoms with Gasteiger partial charge in [0.2, 0.25) is 5.91 Å². The molecule has 0 saturated carbocycles. The number of rotatable bonds is 5. The number of carboxylic acid groups (broad SMARTS) is 1. The Bertz CT molecular complexity index is 468. The van der Waals surface area contributed by atoms with Crippen LogP contribution in [0.5, 0.6) is 0 Å². The number of imide groups is 1. The topological polar surface area (TPSA) is 139 Å². The Morgan fingerprint density at radius 2 is 1.55 bits per heavy atom. The number of amides is 4. The van der Waals surface area contributed by atoms with Crippen molar-refractivity contribution >= 4 is 23.8 Å². The SMILES string of the molecule is CC(C(=O)O)=C(C)C(=O)NC(=O)NC(C(N)=O)C(C)C. The minimum atomic E-state index is -1.25. The molecule has 0 aliphatic heterocycles. The number of carbonyl (C=O) groups is 4. The van der Waals surface area contributed by atoms with Crippen LogP contribution in [0.2, 0.25) is 0 Å². The van der Waals surface area contributed by atoms with Gasteiger partial charge in [0.25, 0.3) is 5.91 Å². The van der Waals surface area contributed by atoms with Crippen molar-refractivity contribution in [3.05, 3.63) is 11.1 Å². The van der Waals surface area contributed by atoms with Crippen molar-refractivity contribution in [3.63, 3.8) is 0 Å². The molecule has 0 aromatic heterocycles. The molecular formula is C12H19N3O5. The van der Waals surface area contributed by atoms with Crippen LogP contribution >= 0.6 is 0 Å². The van der Waals surface area contributed by atoms with Gasteiger partial charge in [0.1, 0.15) is 6.04 Å². The molecule has 20 heavy (non-hydrogen) atoms. The lowest BCUT2D eigenvalue weighted by atomic mass is 10.0. The quantitative estimate of drug-likeness (QED) is 0.515. The first-order valence-electron chi connectivity index (χ1n) is 5.89. The van der Waals surface area contributed by atoms with Crippen LogP contribution < -0.4 is 16.4 Å². The molecule has 0 radical (unpaired) electrons. The summed E-state index contributed by atoms with van der Waals surface area (Å²) in [6.45, 7) is 5.88. The van der Waals surface area contributed by atoms with Gasteiger partial charge >= 0.3 is 12.0 Å². The molecule has 0 bridgehead atoms.